The van der Waals surface area contributed by atoms with E-state index >= 15 is 0 Å². The quantitative estimate of drug-likeness (QED) is 0.0321. The maximum absolute atomic E-state index is 12.4. The number of aliphatic hydroxyl groups is 2. The molecule has 0 aliphatic rings. The largest absolute Gasteiger partial charge is 0.466 e. The molecule has 0 saturated carbocycles. The van der Waals surface area contributed by atoms with Crippen LogP contribution < -0.4 is 5.32 Å². The molecular weight excluding hydrogens is 803 g/mol. The summed E-state index contributed by atoms with van der Waals surface area (Å²) in [5.41, 5.74) is 0. The van der Waals surface area contributed by atoms with Gasteiger partial charge in [-0.3, -0.25) is 9.59 Å². The fourth-order valence-corrected chi connectivity index (χ4v) is 8.68. The molecule has 0 spiro atoms. The molecule has 6 nitrogen and oxygen atoms in total. The number of ether oxygens (including phenoxy) is 1. The summed E-state index contributed by atoms with van der Waals surface area (Å²) in [4.78, 5) is 24.5. The Morgan fingerprint density at radius 3 is 1.09 bits per heavy atom. The Balaban J connectivity index is 3.42. The van der Waals surface area contributed by atoms with Crippen molar-refractivity contribution in [3.8, 4) is 0 Å². The molecular formula is C59H111NO5. The second kappa shape index (κ2) is 54.7. The molecule has 0 fully saturated rings. The highest BCUT2D eigenvalue weighted by molar-refractivity contribution is 5.76. The van der Waals surface area contributed by atoms with Gasteiger partial charge in [0.1, 0.15) is 0 Å². The molecule has 0 aromatic carbocycles. The van der Waals surface area contributed by atoms with E-state index in [4.69, 9.17) is 4.74 Å². The van der Waals surface area contributed by atoms with Crippen molar-refractivity contribution in [3.63, 3.8) is 0 Å². The highest BCUT2D eigenvalue weighted by Crippen LogP contribution is 2.16. The van der Waals surface area contributed by atoms with Crippen LogP contribution in [0.5, 0.6) is 0 Å². The number of hydrogen-bond donors (Lipinski definition) is 3. The highest BCUT2D eigenvalue weighted by Gasteiger charge is 2.18. The third-order valence-electron chi connectivity index (χ3n) is 13.1. The van der Waals surface area contributed by atoms with Crippen LogP contribution in [0.3, 0.4) is 0 Å². The van der Waals surface area contributed by atoms with Gasteiger partial charge in [-0.1, -0.05) is 243 Å². The molecule has 0 aromatic heterocycles. The lowest BCUT2D eigenvalue weighted by Crippen LogP contribution is -2.45. The number of rotatable bonds is 53. The first kappa shape index (κ1) is 63.1. The molecule has 2 atom stereocenters. The number of aliphatic hydroxyl groups excluding tert-OH is 2. The lowest BCUT2D eigenvalue weighted by Gasteiger charge is -2.20. The summed E-state index contributed by atoms with van der Waals surface area (Å²) < 4.78 is 5.49. The van der Waals surface area contributed by atoms with Crippen molar-refractivity contribution >= 4 is 11.9 Å². The molecule has 2 unspecified atom stereocenters. The van der Waals surface area contributed by atoms with E-state index in [1.807, 2.05) is 6.08 Å². The monoisotopic (exact) mass is 914 g/mol. The topological polar surface area (TPSA) is 95.9 Å². The van der Waals surface area contributed by atoms with Gasteiger partial charge in [-0.05, 0) is 83.5 Å². The molecule has 0 bridgehead atoms. The minimum absolute atomic E-state index is 0.00230. The van der Waals surface area contributed by atoms with Gasteiger partial charge in [-0.2, -0.15) is 0 Å². The molecule has 6 heteroatoms. The first-order valence-corrected chi connectivity index (χ1v) is 28.8. The molecule has 1 amide bonds. The van der Waals surface area contributed by atoms with Crippen molar-refractivity contribution in [2.45, 2.75) is 315 Å². The lowest BCUT2D eigenvalue weighted by atomic mass is 10.1. The SMILES string of the molecule is CCCCCCCC/C=C\CCCCCCCCCCCC(=O)OCCCCCCCCCC/C=C\CCCCCCCCCC(=O)NC(CO)C(O)/C=C/CCCCCCCCCC. The van der Waals surface area contributed by atoms with Crippen molar-refractivity contribution in [1.82, 2.24) is 5.32 Å². The normalized spacial score (nSPS) is 12.9. The molecule has 0 radical (unpaired) electrons. The minimum atomic E-state index is -0.849. The van der Waals surface area contributed by atoms with Gasteiger partial charge in [0.15, 0.2) is 0 Å². The van der Waals surface area contributed by atoms with Crippen LogP contribution in [0.2, 0.25) is 0 Å². The maximum atomic E-state index is 12.4. The predicted molar refractivity (Wildman–Crippen MR) is 283 cm³/mol. The molecule has 0 aromatic rings. The van der Waals surface area contributed by atoms with Gasteiger partial charge in [0.25, 0.3) is 0 Å². The van der Waals surface area contributed by atoms with Gasteiger partial charge in [0.05, 0.1) is 25.4 Å². The van der Waals surface area contributed by atoms with Crippen LogP contribution in [0.4, 0.5) is 0 Å². The number of allylic oxidation sites excluding steroid dienone is 5. The Bertz CT molecular complexity index is 1060. The highest BCUT2D eigenvalue weighted by atomic mass is 16.5. The van der Waals surface area contributed by atoms with Gasteiger partial charge in [0, 0.05) is 12.8 Å². The summed E-state index contributed by atoms with van der Waals surface area (Å²) >= 11 is 0. The maximum Gasteiger partial charge on any atom is 0.305 e. The van der Waals surface area contributed by atoms with Crippen molar-refractivity contribution in [2.24, 2.45) is 0 Å². The Kier molecular flexibility index (Phi) is 53.1. The second-order valence-electron chi connectivity index (χ2n) is 19.6. The van der Waals surface area contributed by atoms with Gasteiger partial charge in [-0.15, -0.1) is 0 Å². The average Bonchev–Trinajstić information content (AvgIpc) is 3.31. The van der Waals surface area contributed by atoms with E-state index < -0.39 is 12.1 Å². The van der Waals surface area contributed by atoms with Gasteiger partial charge in [0.2, 0.25) is 5.91 Å². The third-order valence-corrected chi connectivity index (χ3v) is 13.1. The van der Waals surface area contributed by atoms with E-state index in [2.05, 4.69) is 43.5 Å². The van der Waals surface area contributed by atoms with E-state index in [0.717, 1.165) is 51.4 Å². The predicted octanol–water partition coefficient (Wildman–Crippen LogP) is 17.6. The van der Waals surface area contributed by atoms with Crippen molar-refractivity contribution < 1.29 is 24.5 Å². The van der Waals surface area contributed by atoms with Crippen molar-refractivity contribution in [1.29, 1.82) is 0 Å². The molecule has 0 aliphatic carbocycles. The van der Waals surface area contributed by atoms with Crippen LogP contribution in [-0.2, 0) is 14.3 Å². The van der Waals surface area contributed by atoms with Gasteiger partial charge < -0.3 is 20.3 Å². The molecule has 382 valence electrons. The number of carbonyl (C=O) groups excluding carboxylic acids is 2. The Morgan fingerprint density at radius 2 is 0.723 bits per heavy atom. The zero-order valence-corrected chi connectivity index (χ0v) is 43.5. The molecule has 65 heavy (non-hydrogen) atoms. The molecule has 0 heterocycles. The number of nitrogens with one attached hydrogen (secondary N) is 1. The second-order valence-corrected chi connectivity index (χ2v) is 19.6. The van der Waals surface area contributed by atoms with Crippen LogP contribution in [-0.4, -0.2) is 47.4 Å². The van der Waals surface area contributed by atoms with Gasteiger partial charge in [-0.25, -0.2) is 0 Å². The number of amides is 1. The van der Waals surface area contributed by atoms with Crippen molar-refractivity contribution in [2.75, 3.05) is 13.2 Å². The van der Waals surface area contributed by atoms with Gasteiger partial charge >= 0.3 is 5.97 Å². The first-order chi connectivity index (χ1) is 32.0. The fourth-order valence-electron chi connectivity index (χ4n) is 8.68. The van der Waals surface area contributed by atoms with Crippen molar-refractivity contribution in [3.05, 3.63) is 36.5 Å². The summed E-state index contributed by atoms with van der Waals surface area (Å²) in [6, 6.07) is -0.633. The van der Waals surface area contributed by atoms with Crippen LogP contribution >= 0.6 is 0 Å². The average molecular weight is 915 g/mol. The number of esters is 1. The molecule has 0 aliphatic heterocycles. The van der Waals surface area contributed by atoms with Crippen LogP contribution in [0.1, 0.15) is 303 Å². The molecule has 3 N–H and O–H groups in total. The lowest BCUT2D eigenvalue weighted by molar-refractivity contribution is -0.143. The van der Waals surface area contributed by atoms with Crippen LogP contribution in [0.25, 0.3) is 0 Å². The zero-order chi connectivity index (χ0) is 47.2. The Hall–Kier alpha value is -1.92. The standard InChI is InChI=1S/C59H111NO5/c1-3-5-7-9-11-13-15-16-17-18-20-24-27-30-33-37-41-45-49-53-59(64)65-54-50-46-42-38-34-31-28-25-22-19-21-23-26-29-32-36-40-44-48-52-58(63)60-56(55-61)57(62)51-47-43-39-35-14-12-10-8-6-4-2/h16-17,19,21,47,51,56-57,61-62H,3-15,18,20,22-46,48-50,52-55H2,1-2H3,(H,60,63)/b17-16-,21-19-,51-47+. The summed E-state index contributed by atoms with van der Waals surface area (Å²) in [5.74, 6) is -0.0775. The van der Waals surface area contributed by atoms with E-state index in [1.165, 1.54) is 225 Å². The Labute approximate surface area is 404 Å². The summed E-state index contributed by atoms with van der Waals surface area (Å²) in [6.45, 7) is 4.87. The summed E-state index contributed by atoms with van der Waals surface area (Å²) in [7, 11) is 0. The van der Waals surface area contributed by atoms with E-state index in [1.54, 1.807) is 6.08 Å². The fraction of sp³-hybridized carbons (Fsp3) is 0.864. The van der Waals surface area contributed by atoms with E-state index in [-0.39, 0.29) is 18.5 Å². The number of carbonyl (C=O) groups is 2. The van der Waals surface area contributed by atoms with Crippen LogP contribution in [0.15, 0.2) is 36.5 Å². The minimum Gasteiger partial charge on any atom is -0.466 e. The Morgan fingerprint density at radius 1 is 0.415 bits per heavy atom. The van der Waals surface area contributed by atoms with E-state index in [0.29, 0.717) is 19.4 Å². The first-order valence-electron chi connectivity index (χ1n) is 28.8. The van der Waals surface area contributed by atoms with Crippen LogP contribution in [0, 0.1) is 0 Å². The molecule has 0 rings (SSSR count). The smallest absolute Gasteiger partial charge is 0.305 e. The third kappa shape index (κ3) is 51.3. The number of unbranched alkanes of at least 4 members (excludes halogenated alkanes) is 38. The molecule has 0 saturated heterocycles. The zero-order valence-electron chi connectivity index (χ0n) is 43.5. The number of hydrogen-bond acceptors (Lipinski definition) is 5. The van der Waals surface area contributed by atoms with E-state index in [9.17, 15) is 19.8 Å². The summed E-state index contributed by atoms with van der Waals surface area (Å²) in [5, 5.41) is 23.0. The summed E-state index contributed by atoms with van der Waals surface area (Å²) in [6.07, 6.45) is 67.4.